The summed E-state index contributed by atoms with van der Waals surface area (Å²) in [5.41, 5.74) is 0.387. The molecule has 1 fully saturated rings. The molecule has 0 N–H and O–H groups in total. The van der Waals surface area contributed by atoms with Gasteiger partial charge < -0.3 is 14.2 Å². The Balaban J connectivity index is 1.98. The van der Waals surface area contributed by atoms with Gasteiger partial charge in [-0.3, -0.25) is 0 Å². The van der Waals surface area contributed by atoms with Crippen molar-refractivity contribution >= 4 is 11.9 Å². The van der Waals surface area contributed by atoms with Gasteiger partial charge in [0.25, 0.3) is 0 Å². The Hall–Kier alpha value is -2.04. The lowest BCUT2D eigenvalue weighted by atomic mass is 10.2. The smallest absolute Gasteiger partial charge is 0.347 e. The van der Waals surface area contributed by atoms with Crippen molar-refractivity contribution in [2.24, 2.45) is 0 Å². The topological polar surface area (TPSA) is 61.8 Å². The molecular weight excluding hydrogens is 236 g/mol. The first-order chi connectivity index (χ1) is 8.70. The minimum Gasteiger partial charge on any atom is -0.494 e. The first-order valence-corrected chi connectivity index (χ1v) is 5.81. The van der Waals surface area contributed by atoms with Crippen molar-refractivity contribution in [2.45, 2.75) is 19.4 Å². The highest BCUT2D eigenvalue weighted by molar-refractivity contribution is 5.91. The van der Waals surface area contributed by atoms with Crippen LogP contribution in [-0.4, -0.2) is 31.3 Å². The van der Waals surface area contributed by atoms with Crippen LogP contribution in [-0.2, 0) is 14.3 Å². The number of ether oxygens (including phenoxy) is 3. The molecule has 1 atom stereocenters. The molecule has 1 aromatic carbocycles. The van der Waals surface area contributed by atoms with E-state index in [-0.39, 0.29) is 0 Å². The number of cyclic esters (lactones) is 1. The SMILES string of the molecule is CCOc1ccc(C(=O)OC2CCOC2=O)cc1. The van der Waals surface area contributed by atoms with Crippen LogP contribution in [0.2, 0.25) is 0 Å². The molecule has 1 aliphatic heterocycles. The number of hydrogen-bond acceptors (Lipinski definition) is 5. The summed E-state index contributed by atoms with van der Waals surface area (Å²) >= 11 is 0. The minimum atomic E-state index is -0.774. The van der Waals surface area contributed by atoms with E-state index in [2.05, 4.69) is 0 Å². The predicted octanol–water partition coefficient (Wildman–Crippen LogP) is 1.56. The highest BCUT2D eigenvalue weighted by Gasteiger charge is 2.30. The molecule has 5 heteroatoms. The fourth-order valence-corrected chi connectivity index (χ4v) is 1.64. The summed E-state index contributed by atoms with van der Waals surface area (Å²) in [6, 6.07) is 6.58. The zero-order chi connectivity index (χ0) is 13.0. The molecule has 18 heavy (non-hydrogen) atoms. The first kappa shape index (κ1) is 12.4. The maximum Gasteiger partial charge on any atom is 0.347 e. The van der Waals surface area contributed by atoms with Crippen LogP contribution in [0.4, 0.5) is 0 Å². The average molecular weight is 250 g/mol. The molecular formula is C13H14O5. The molecule has 5 nitrogen and oxygen atoms in total. The largest absolute Gasteiger partial charge is 0.494 e. The molecule has 0 radical (unpaired) electrons. The van der Waals surface area contributed by atoms with E-state index < -0.39 is 18.0 Å². The quantitative estimate of drug-likeness (QED) is 0.759. The third kappa shape index (κ3) is 2.80. The molecule has 1 saturated heterocycles. The molecule has 0 bridgehead atoms. The highest BCUT2D eigenvalue weighted by atomic mass is 16.6. The van der Waals surface area contributed by atoms with Gasteiger partial charge in [-0.2, -0.15) is 0 Å². The number of benzene rings is 1. The Labute approximate surface area is 105 Å². The van der Waals surface area contributed by atoms with Crippen molar-refractivity contribution in [1.29, 1.82) is 0 Å². The van der Waals surface area contributed by atoms with Crippen LogP contribution < -0.4 is 4.74 Å². The van der Waals surface area contributed by atoms with Crippen molar-refractivity contribution in [1.82, 2.24) is 0 Å². The molecule has 0 aliphatic carbocycles. The normalized spacial score (nSPS) is 18.3. The van der Waals surface area contributed by atoms with Crippen LogP contribution in [0.3, 0.4) is 0 Å². The zero-order valence-corrected chi connectivity index (χ0v) is 10.0. The second-order valence-corrected chi connectivity index (χ2v) is 3.81. The van der Waals surface area contributed by atoms with Crippen LogP contribution in [0.15, 0.2) is 24.3 Å². The summed E-state index contributed by atoms with van der Waals surface area (Å²) in [7, 11) is 0. The molecule has 0 spiro atoms. The van der Waals surface area contributed by atoms with Gasteiger partial charge in [0, 0.05) is 6.42 Å². The lowest BCUT2D eigenvalue weighted by Crippen LogP contribution is -2.22. The van der Waals surface area contributed by atoms with E-state index in [9.17, 15) is 9.59 Å². The summed E-state index contributed by atoms with van der Waals surface area (Å²) in [6.07, 6.45) is -0.356. The molecule has 96 valence electrons. The van der Waals surface area contributed by atoms with Gasteiger partial charge in [0.05, 0.1) is 18.8 Å². The fraction of sp³-hybridized carbons (Fsp3) is 0.385. The monoisotopic (exact) mass is 250 g/mol. The Morgan fingerprint density at radius 2 is 2.11 bits per heavy atom. The number of rotatable bonds is 4. The Morgan fingerprint density at radius 1 is 1.39 bits per heavy atom. The number of carbonyl (C=O) groups excluding carboxylic acids is 2. The lowest BCUT2D eigenvalue weighted by Gasteiger charge is -2.08. The van der Waals surface area contributed by atoms with Crippen LogP contribution in [0.25, 0.3) is 0 Å². The molecule has 1 aliphatic rings. The molecule has 0 amide bonds. The molecule has 0 aromatic heterocycles. The maximum absolute atomic E-state index is 11.7. The van der Waals surface area contributed by atoms with Crippen LogP contribution >= 0.6 is 0 Å². The van der Waals surface area contributed by atoms with Crippen molar-refractivity contribution in [3.05, 3.63) is 29.8 Å². The Bertz CT molecular complexity index is 437. The molecule has 1 unspecified atom stereocenters. The van der Waals surface area contributed by atoms with Crippen LogP contribution in [0.1, 0.15) is 23.7 Å². The molecule has 1 aromatic rings. The zero-order valence-electron chi connectivity index (χ0n) is 10.0. The summed E-state index contributed by atoms with van der Waals surface area (Å²) in [5.74, 6) is -0.314. The van der Waals surface area contributed by atoms with E-state index >= 15 is 0 Å². The third-order valence-corrected chi connectivity index (χ3v) is 2.54. The standard InChI is InChI=1S/C13H14O5/c1-2-16-10-5-3-9(4-6-10)12(14)18-11-7-8-17-13(11)15/h3-6,11H,2,7-8H2,1H3. The number of esters is 2. The number of hydrogen-bond donors (Lipinski definition) is 0. The summed E-state index contributed by atoms with van der Waals surface area (Å²) in [5, 5.41) is 0. The summed E-state index contributed by atoms with van der Waals surface area (Å²) in [6.45, 7) is 2.76. The van der Waals surface area contributed by atoms with Gasteiger partial charge in [-0.15, -0.1) is 0 Å². The fourth-order valence-electron chi connectivity index (χ4n) is 1.64. The molecule has 2 rings (SSSR count). The van der Waals surface area contributed by atoms with Crippen molar-refractivity contribution in [3.8, 4) is 5.75 Å². The van der Waals surface area contributed by atoms with E-state index in [1.165, 1.54) is 0 Å². The second kappa shape index (κ2) is 5.53. The number of carbonyl (C=O) groups is 2. The van der Waals surface area contributed by atoms with Gasteiger partial charge in [0.2, 0.25) is 6.10 Å². The molecule has 0 saturated carbocycles. The molecule has 1 heterocycles. The van der Waals surface area contributed by atoms with Gasteiger partial charge in [0.1, 0.15) is 5.75 Å². The van der Waals surface area contributed by atoms with Gasteiger partial charge in [-0.1, -0.05) is 0 Å². The van der Waals surface area contributed by atoms with E-state index in [1.54, 1.807) is 24.3 Å². The van der Waals surface area contributed by atoms with Gasteiger partial charge in [0.15, 0.2) is 0 Å². The average Bonchev–Trinajstić information content (AvgIpc) is 2.76. The van der Waals surface area contributed by atoms with Crippen LogP contribution in [0, 0.1) is 0 Å². The Kier molecular flexibility index (Phi) is 3.82. The van der Waals surface area contributed by atoms with Gasteiger partial charge in [-0.05, 0) is 31.2 Å². The van der Waals surface area contributed by atoms with Crippen molar-refractivity contribution in [2.75, 3.05) is 13.2 Å². The van der Waals surface area contributed by atoms with E-state index in [1.807, 2.05) is 6.92 Å². The predicted molar refractivity (Wildman–Crippen MR) is 62.4 cm³/mol. The summed E-state index contributed by atoms with van der Waals surface area (Å²) < 4.78 is 15.0. The van der Waals surface area contributed by atoms with Crippen molar-refractivity contribution < 1.29 is 23.8 Å². The maximum atomic E-state index is 11.7. The van der Waals surface area contributed by atoms with E-state index in [0.717, 1.165) is 0 Å². The highest BCUT2D eigenvalue weighted by Crippen LogP contribution is 2.16. The van der Waals surface area contributed by atoms with E-state index in [4.69, 9.17) is 14.2 Å². The summed E-state index contributed by atoms with van der Waals surface area (Å²) in [4.78, 5) is 22.9. The van der Waals surface area contributed by atoms with Crippen LogP contribution in [0.5, 0.6) is 5.75 Å². The third-order valence-electron chi connectivity index (χ3n) is 2.54. The Morgan fingerprint density at radius 3 is 2.67 bits per heavy atom. The first-order valence-electron chi connectivity index (χ1n) is 5.81. The second-order valence-electron chi connectivity index (χ2n) is 3.81. The van der Waals surface area contributed by atoms with Gasteiger partial charge in [-0.25, -0.2) is 9.59 Å². The lowest BCUT2D eigenvalue weighted by molar-refractivity contribution is -0.145. The minimum absolute atomic E-state index is 0.306. The van der Waals surface area contributed by atoms with Gasteiger partial charge >= 0.3 is 11.9 Å². The van der Waals surface area contributed by atoms with E-state index in [0.29, 0.717) is 30.9 Å². The van der Waals surface area contributed by atoms with Crippen molar-refractivity contribution in [3.63, 3.8) is 0 Å².